The Balaban J connectivity index is 3.99. The summed E-state index contributed by atoms with van der Waals surface area (Å²) in [4.78, 5) is 2.52. The summed E-state index contributed by atoms with van der Waals surface area (Å²) in [6, 6.07) is 0.700. The fraction of sp³-hybridized carbons (Fsp3) is 1.00. The zero-order valence-corrected chi connectivity index (χ0v) is 12.1. The van der Waals surface area contributed by atoms with Gasteiger partial charge in [-0.25, -0.2) is 0 Å². The van der Waals surface area contributed by atoms with Gasteiger partial charge in [-0.15, -0.1) is 0 Å². The molecule has 2 atom stereocenters. The molecule has 0 aromatic heterocycles. The molecule has 0 spiro atoms. The van der Waals surface area contributed by atoms with Gasteiger partial charge in [0.25, 0.3) is 0 Å². The predicted octanol–water partition coefficient (Wildman–Crippen LogP) is 3.13. The average Bonchev–Trinajstić information content (AvgIpc) is 2.33. The minimum absolute atomic E-state index is 0.700. The van der Waals surface area contributed by atoms with Crippen molar-refractivity contribution in [1.29, 1.82) is 0 Å². The van der Waals surface area contributed by atoms with Gasteiger partial charge in [0.2, 0.25) is 0 Å². The summed E-state index contributed by atoms with van der Waals surface area (Å²) in [5.41, 5.74) is 0. The molecule has 0 heterocycles. The van der Waals surface area contributed by atoms with Crippen LogP contribution in [0.4, 0.5) is 0 Å². The molecule has 0 aromatic rings. The van der Waals surface area contributed by atoms with E-state index in [9.17, 15) is 0 Å². The first-order chi connectivity index (χ1) is 7.69. The Hall–Kier alpha value is -0.0800. The molecule has 0 amide bonds. The Bertz CT molecular complexity index is 144. The summed E-state index contributed by atoms with van der Waals surface area (Å²) in [6.07, 6.45) is 3.80. The molecular weight excluding hydrogens is 196 g/mol. The lowest BCUT2D eigenvalue weighted by molar-refractivity contribution is 0.255. The highest BCUT2D eigenvalue weighted by atomic mass is 15.1. The second-order valence-corrected chi connectivity index (χ2v) is 4.76. The van der Waals surface area contributed by atoms with Crippen molar-refractivity contribution in [2.24, 2.45) is 5.92 Å². The van der Waals surface area contributed by atoms with E-state index >= 15 is 0 Å². The molecule has 0 aliphatic rings. The maximum Gasteiger partial charge on any atom is 0.0105 e. The van der Waals surface area contributed by atoms with E-state index < -0.39 is 0 Å². The quantitative estimate of drug-likeness (QED) is 0.618. The Morgan fingerprint density at radius 2 is 1.69 bits per heavy atom. The van der Waals surface area contributed by atoms with Gasteiger partial charge in [0, 0.05) is 6.04 Å². The van der Waals surface area contributed by atoms with Crippen LogP contribution in [0.25, 0.3) is 0 Å². The third-order valence-corrected chi connectivity index (χ3v) is 3.64. The normalized spacial score (nSPS) is 15.4. The van der Waals surface area contributed by atoms with Crippen molar-refractivity contribution >= 4 is 0 Å². The van der Waals surface area contributed by atoms with E-state index in [1.165, 1.54) is 38.9 Å². The summed E-state index contributed by atoms with van der Waals surface area (Å²) < 4.78 is 0. The summed E-state index contributed by atoms with van der Waals surface area (Å²) in [5, 5.41) is 3.70. The van der Waals surface area contributed by atoms with Gasteiger partial charge in [-0.1, -0.05) is 41.0 Å². The first-order valence-electron chi connectivity index (χ1n) is 7.15. The lowest BCUT2D eigenvalue weighted by Gasteiger charge is -2.27. The smallest absolute Gasteiger partial charge is 0.0105 e. The lowest BCUT2D eigenvalue weighted by atomic mass is 9.96. The van der Waals surface area contributed by atoms with Crippen molar-refractivity contribution in [2.75, 3.05) is 26.2 Å². The van der Waals surface area contributed by atoms with Crippen LogP contribution in [0.2, 0.25) is 0 Å². The summed E-state index contributed by atoms with van der Waals surface area (Å²) >= 11 is 0. The maximum atomic E-state index is 3.70. The molecule has 16 heavy (non-hydrogen) atoms. The zero-order valence-electron chi connectivity index (χ0n) is 12.1. The van der Waals surface area contributed by atoms with Gasteiger partial charge in [0.15, 0.2) is 0 Å². The highest BCUT2D eigenvalue weighted by molar-refractivity contribution is 4.74. The van der Waals surface area contributed by atoms with Crippen LogP contribution in [0.3, 0.4) is 0 Å². The molecule has 0 aliphatic carbocycles. The van der Waals surface area contributed by atoms with Crippen LogP contribution < -0.4 is 5.32 Å². The maximum absolute atomic E-state index is 3.70. The molecule has 2 nitrogen and oxygen atoms in total. The van der Waals surface area contributed by atoms with Crippen molar-refractivity contribution in [3.05, 3.63) is 0 Å². The van der Waals surface area contributed by atoms with Gasteiger partial charge < -0.3 is 10.2 Å². The molecule has 0 aromatic carbocycles. The molecule has 0 saturated heterocycles. The van der Waals surface area contributed by atoms with Gasteiger partial charge in [-0.3, -0.25) is 0 Å². The number of nitrogens with zero attached hydrogens (tertiary/aromatic N) is 1. The molecule has 0 aliphatic heterocycles. The monoisotopic (exact) mass is 228 g/mol. The largest absolute Gasteiger partial charge is 0.314 e. The van der Waals surface area contributed by atoms with Gasteiger partial charge in [0.1, 0.15) is 0 Å². The van der Waals surface area contributed by atoms with Crippen LogP contribution in [0, 0.1) is 5.92 Å². The molecule has 0 fully saturated rings. The molecule has 98 valence electrons. The van der Waals surface area contributed by atoms with Gasteiger partial charge >= 0.3 is 0 Å². The molecule has 1 N–H and O–H groups in total. The Labute approximate surface area is 103 Å². The van der Waals surface area contributed by atoms with E-state index in [0.29, 0.717) is 6.04 Å². The van der Waals surface area contributed by atoms with Crippen LogP contribution in [0.5, 0.6) is 0 Å². The van der Waals surface area contributed by atoms with Crippen molar-refractivity contribution in [1.82, 2.24) is 10.2 Å². The number of rotatable bonds is 10. The molecule has 0 saturated carbocycles. The number of hydrogen-bond acceptors (Lipinski definition) is 2. The SMILES string of the molecule is CCCNC(CCN(CC)CC)C(C)CC. The topological polar surface area (TPSA) is 15.3 Å². The van der Waals surface area contributed by atoms with Crippen LogP contribution >= 0.6 is 0 Å². The summed E-state index contributed by atoms with van der Waals surface area (Å²) in [6.45, 7) is 16.2. The van der Waals surface area contributed by atoms with Gasteiger partial charge in [-0.05, 0) is 44.9 Å². The van der Waals surface area contributed by atoms with Crippen molar-refractivity contribution in [3.63, 3.8) is 0 Å². The lowest BCUT2D eigenvalue weighted by Crippen LogP contribution is -2.38. The predicted molar refractivity (Wildman–Crippen MR) is 73.9 cm³/mol. The van der Waals surface area contributed by atoms with E-state index in [2.05, 4.69) is 44.8 Å². The fourth-order valence-electron chi connectivity index (χ4n) is 2.06. The minimum Gasteiger partial charge on any atom is -0.314 e. The van der Waals surface area contributed by atoms with Crippen molar-refractivity contribution in [2.45, 2.75) is 59.9 Å². The summed E-state index contributed by atoms with van der Waals surface area (Å²) in [7, 11) is 0. The first kappa shape index (κ1) is 15.9. The van der Waals surface area contributed by atoms with Gasteiger partial charge in [-0.2, -0.15) is 0 Å². The standard InChI is InChI=1S/C14H32N2/c1-6-11-15-14(13(5)7-2)10-12-16(8-3)9-4/h13-15H,6-12H2,1-5H3. The first-order valence-corrected chi connectivity index (χ1v) is 7.15. The van der Waals surface area contributed by atoms with Crippen LogP contribution in [0.15, 0.2) is 0 Å². The second kappa shape index (κ2) is 10.1. The highest BCUT2D eigenvalue weighted by Gasteiger charge is 2.15. The number of nitrogens with one attached hydrogen (secondary N) is 1. The Kier molecular flexibility index (Phi) is 10.0. The molecular formula is C14H32N2. The molecule has 0 bridgehead atoms. The number of hydrogen-bond donors (Lipinski definition) is 1. The third-order valence-electron chi connectivity index (χ3n) is 3.64. The minimum atomic E-state index is 0.700. The van der Waals surface area contributed by atoms with Crippen LogP contribution in [-0.4, -0.2) is 37.1 Å². The van der Waals surface area contributed by atoms with E-state index in [0.717, 1.165) is 12.5 Å². The van der Waals surface area contributed by atoms with Crippen molar-refractivity contribution in [3.8, 4) is 0 Å². The second-order valence-electron chi connectivity index (χ2n) is 4.76. The van der Waals surface area contributed by atoms with E-state index in [1.54, 1.807) is 0 Å². The Morgan fingerprint density at radius 3 is 2.12 bits per heavy atom. The molecule has 0 radical (unpaired) electrons. The third kappa shape index (κ3) is 6.49. The molecule has 2 heteroatoms. The van der Waals surface area contributed by atoms with Crippen LogP contribution in [0.1, 0.15) is 53.9 Å². The van der Waals surface area contributed by atoms with Crippen molar-refractivity contribution < 1.29 is 0 Å². The highest BCUT2D eigenvalue weighted by Crippen LogP contribution is 2.11. The summed E-state index contributed by atoms with van der Waals surface area (Å²) in [5.74, 6) is 0.794. The fourth-order valence-corrected chi connectivity index (χ4v) is 2.06. The molecule has 0 rings (SSSR count). The average molecular weight is 228 g/mol. The molecule has 2 unspecified atom stereocenters. The Morgan fingerprint density at radius 1 is 1.06 bits per heavy atom. The van der Waals surface area contributed by atoms with E-state index in [4.69, 9.17) is 0 Å². The van der Waals surface area contributed by atoms with Gasteiger partial charge in [0.05, 0.1) is 0 Å². The van der Waals surface area contributed by atoms with E-state index in [-0.39, 0.29) is 0 Å². The van der Waals surface area contributed by atoms with E-state index in [1.807, 2.05) is 0 Å². The van der Waals surface area contributed by atoms with Crippen LogP contribution in [-0.2, 0) is 0 Å². The zero-order chi connectivity index (χ0) is 12.4.